The first kappa shape index (κ1) is 17.7. The highest BCUT2D eigenvalue weighted by atomic mass is 32.2. The highest BCUT2D eigenvalue weighted by Gasteiger charge is 2.31. The van der Waals surface area contributed by atoms with Crippen LogP contribution in [0.25, 0.3) is 0 Å². The molecule has 0 radical (unpaired) electrons. The minimum atomic E-state index is -2.91. The fourth-order valence-corrected chi connectivity index (χ4v) is 4.50. The minimum absolute atomic E-state index is 0.00380. The number of nitrogens with zero attached hydrogens (tertiary/aromatic N) is 3. The summed E-state index contributed by atoms with van der Waals surface area (Å²) in [6.45, 7) is 0.604. The first-order chi connectivity index (χ1) is 11.9. The van der Waals surface area contributed by atoms with Crippen LogP contribution < -0.4 is 9.47 Å². The van der Waals surface area contributed by atoms with Gasteiger partial charge >= 0.3 is 0 Å². The molecule has 8 nitrogen and oxygen atoms in total. The zero-order valence-electron chi connectivity index (χ0n) is 14.2. The van der Waals surface area contributed by atoms with Crippen LogP contribution in [0.2, 0.25) is 0 Å². The van der Waals surface area contributed by atoms with Gasteiger partial charge in [-0.3, -0.25) is 4.90 Å². The fraction of sp³-hybridized carbons (Fsp3) is 0.500. The minimum Gasteiger partial charge on any atom is -0.497 e. The van der Waals surface area contributed by atoms with Gasteiger partial charge in [-0.2, -0.15) is 4.98 Å². The maximum atomic E-state index is 11.6. The number of ether oxygens (including phenoxy) is 2. The Hall–Kier alpha value is -2.13. The molecule has 1 saturated heterocycles. The van der Waals surface area contributed by atoms with Crippen LogP contribution in [0.5, 0.6) is 11.5 Å². The van der Waals surface area contributed by atoms with Gasteiger partial charge in [0.1, 0.15) is 11.5 Å². The highest BCUT2D eigenvalue weighted by Crippen LogP contribution is 2.19. The number of benzene rings is 1. The lowest BCUT2D eigenvalue weighted by Gasteiger charge is -2.20. The molecule has 0 amide bonds. The first-order valence-corrected chi connectivity index (χ1v) is 9.76. The third-order valence-electron chi connectivity index (χ3n) is 4.15. The molecule has 0 N–H and O–H groups in total. The van der Waals surface area contributed by atoms with Gasteiger partial charge < -0.3 is 14.0 Å². The van der Waals surface area contributed by atoms with Crippen LogP contribution in [-0.2, 0) is 23.0 Å². The molecule has 2 aromatic rings. The number of methoxy groups -OCH3 is 1. The molecular formula is C16H21N3O5S. The average molecular weight is 367 g/mol. The molecule has 136 valence electrons. The number of sulfone groups is 1. The predicted molar refractivity (Wildman–Crippen MR) is 90.1 cm³/mol. The van der Waals surface area contributed by atoms with Gasteiger partial charge in [0, 0.05) is 6.04 Å². The molecule has 3 rings (SSSR count). The van der Waals surface area contributed by atoms with Crippen molar-refractivity contribution < 1.29 is 22.4 Å². The van der Waals surface area contributed by atoms with Crippen LogP contribution >= 0.6 is 0 Å². The zero-order chi connectivity index (χ0) is 17.9. The molecule has 1 aliphatic rings. The lowest BCUT2D eigenvalue weighted by atomic mass is 10.2. The second-order valence-electron chi connectivity index (χ2n) is 6.04. The molecule has 1 unspecified atom stereocenters. The van der Waals surface area contributed by atoms with E-state index >= 15 is 0 Å². The van der Waals surface area contributed by atoms with Gasteiger partial charge in [0.25, 0.3) is 0 Å². The number of hydrogen-bond donors (Lipinski definition) is 0. The average Bonchev–Trinajstić information content (AvgIpc) is 3.19. The third kappa shape index (κ3) is 4.70. The highest BCUT2D eigenvalue weighted by molar-refractivity contribution is 7.91. The molecule has 0 saturated carbocycles. The van der Waals surface area contributed by atoms with Crippen molar-refractivity contribution in [3.63, 3.8) is 0 Å². The molecule has 1 fully saturated rings. The molecule has 0 spiro atoms. The van der Waals surface area contributed by atoms with E-state index in [0.29, 0.717) is 30.4 Å². The van der Waals surface area contributed by atoms with Gasteiger partial charge in [0.2, 0.25) is 11.7 Å². The maximum absolute atomic E-state index is 11.6. The van der Waals surface area contributed by atoms with Gasteiger partial charge in [-0.15, -0.1) is 0 Å². The van der Waals surface area contributed by atoms with Crippen LogP contribution in [0, 0.1) is 0 Å². The van der Waals surface area contributed by atoms with E-state index in [1.807, 2.05) is 24.1 Å². The van der Waals surface area contributed by atoms with Crippen molar-refractivity contribution in [1.29, 1.82) is 0 Å². The predicted octanol–water partition coefficient (Wildman–Crippen LogP) is 1.28. The Morgan fingerprint density at radius 1 is 1.28 bits per heavy atom. The lowest BCUT2D eigenvalue weighted by molar-refractivity contribution is 0.217. The summed E-state index contributed by atoms with van der Waals surface area (Å²) in [6.07, 6.45) is 0.639. The Morgan fingerprint density at radius 2 is 2.00 bits per heavy atom. The molecule has 0 bridgehead atoms. The summed E-state index contributed by atoms with van der Waals surface area (Å²) in [7, 11) is 0.561. The van der Waals surface area contributed by atoms with Crippen LogP contribution in [0.1, 0.15) is 18.1 Å². The molecule has 1 aromatic heterocycles. The van der Waals surface area contributed by atoms with Crippen molar-refractivity contribution in [2.24, 2.45) is 0 Å². The fourth-order valence-electron chi connectivity index (χ4n) is 2.70. The first-order valence-electron chi connectivity index (χ1n) is 7.94. The normalized spacial score (nSPS) is 19.2. The van der Waals surface area contributed by atoms with Crippen LogP contribution in [0.3, 0.4) is 0 Å². The molecule has 9 heteroatoms. The van der Waals surface area contributed by atoms with Crippen molar-refractivity contribution >= 4 is 9.84 Å². The van der Waals surface area contributed by atoms with E-state index in [0.717, 1.165) is 5.75 Å². The summed E-state index contributed by atoms with van der Waals surface area (Å²) >= 11 is 0. The van der Waals surface area contributed by atoms with E-state index in [4.69, 9.17) is 14.0 Å². The standard InChI is InChI=1S/C16H21N3O5S/c1-19(12-7-8-25(20,21)11-12)9-16-17-15(18-24-16)10-23-14-5-3-13(22-2)4-6-14/h3-6,12H,7-11H2,1-2H3. The van der Waals surface area contributed by atoms with E-state index in [1.54, 1.807) is 19.2 Å². The molecular weight excluding hydrogens is 346 g/mol. The van der Waals surface area contributed by atoms with Crippen molar-refractivity contribution in [2.75, 3.05) is 25.7 Å². The lowest BCUT2D eigenvalue weighted by Crippen LogP contribution is -2.32. The molecule has 1 aromatic carbocycles. The maximum Gasteiger partial charge on any atom is 0.240 e. The van der Waals surface area contributed by atoms with E-state index < -0.39 is 9.84 Å². The third-order valence-corrected chi connectivity index (χ3v) is 5.90. The zero-order valence-corrected chi connectivity index (χ0v) is 15.0. The second kappa shape index (κ2) is 7.40. The van der Waals surface area contributed by atoms with Crippen LogP contribution in [0.4, 0.5) is 0 Å². The van der Waals surface area contributed by atoms with E-state index in [-0.39, 0.29) is 24.2 Å². The molecule has 1 aliphatic heterocycles. The Morgan fingerprint density at radius 3 is 2.64 bits per heavy atom. The second-order valence-corrected chi connectivity index (χ2v) is 8.27. The quantitative estimate of drug-likeness (QED) is 0.722. The summed E-state index contributed by atoms with van der Waals surface area (Å²) in [5.74, 6) is 2.75. The van der Waals surface area contributed by atoms with E-state index in [1.165, 1.54) is 0 Å². The van der Waals surface area contributed by atoms with Crippen molar-refractivity contribution in [1.82, 2.24) is 15.0 Å². The molecule has 2 heterocycles. The van der Waals surface area contributed by atoms with Crippen LogP contribution in [0.15, 0.2) is 28.8 Å². The monoisotopic (exact) mass is 367 g/mol. The van der Waals surface area contributed by atoms with Gasteiger partial charge in [0.05, 0.1) is 25.2 Å². The largest absolute Gasteiger partial charge is 0.497 e. The molecule has 0 aliphatic carbocycles. The topological polar surface area (TPSA) is 94.8 Å². The summed E-state index contributed by atoms with van der Waals surface area (Å²) in [6, 6.07) is 7.21. The number of aromatic nitrogens is 2. The Bertz CT molecular complexity index is 803. The Labute approximate surface area is 146 Å². The van der Waals surface area contributed by atoms with Crippen molar-refractivity contribution in [3.8, 4) is 11.5 Å². The van der Waals surface area contributed by atoms with Gasteiger partial charge in [-0.05, 0) is 37.7 Å². The van der Waals surface area contributed by atoms with Gasteiger partial charge in [-0.1, -0.05) is 5.16 Å². The van der Waals surface area contributed by atoms with Crippen molar-refractivity contribution in [3.05, 3.63) is 36.0 Å². The Kier molecular flexibility index (Phi) is 5.24. The van der Waals surface area contributed by atoms with E-state index in [9.17, 15) is 8.42 Å². The molecule has 1 atom stereocenters. The number of rotatable bonds is 7. The summed E-state index contributed by atoms with van der Waals surface area (Å²) in [5.41, 5.74) is 0. The van der Waals surface area contributed by atoms with Crippen molar-refractivity contribution in [2.45, 2.75) is 25.6 Å². The summed E-state index contributed by atoms with van der Waals surface area (Å²) in [5, 5.41) is 3.89. The van der Waals surface area contributed by atoms with Gasteiger partial charge in [-0.25, -0.2) is 8.42 Å². The van der Waals surface area contributed by atoms with Gasteiger partial charge in [0.15, 0.2) is 16.4 Å². The number of hydrogen-bond acceptors (Lipinski definition) is 8. The summed E-state index contributed by atoms with van der Waals surface area (Å²) < 4.78 is 39.0. The van der Waals surface area contributed by atoms with Crippen LogP contribution in [-0.4, -0.2) is 55.2 Å². The smallest absolute Gasteiger partial charge is 0.240 e. The molecule has 25 heavy (non-hydrogen) atoms. The Balaban J connectivity index is 1.51. The summed E-state index contributed by atoms with van der Waals surface area (Å²) in [4.78, 5) is 6.22. The van der Waals surface area contributed by atoms with E-state index in [2.05, 4.69) is 10.1 Å². The SMILES string of the molecule is COc1ccc(OCc2noc(CN(C)C3CCS(=O)(=O)C3)n2)cc1.